The molecule has 0 unspecified atom stereocenters. The van der Waals surface area contributed by atoms with Crippen molar-refractivity contribution in [1.29, 1.82) is 0 Å². The highest BCUT2D eigenvalue weighted by Crippen LogP contribution is 2.27. The van der Waals surface area contributed by atoms with Crippen LogP contribution in [0.4, 0.5) is 0 Å². The maximum atomic E-state index is 5.70. The lowest BCUT2D eigenvalue weighted by Gasteiger charge is -2.10. The highest BCUT2D eigenvalue weighted by atomic mass is 16.5. The third-order valence-corrected chi connectivity index (χ3v) is 3.44. The van der Waals surface area contributed by atoms with Crippen LogP contribution in [-0.4, -0.2) is 7.11 Å². The van der Waals surface area contributed by atoms with Gasteiger partial charge in [-0.25, -0.2) is 0 Å². The van der Waals surface area contributed by atoms with E-state index in [1.807, 2.05) is 6.07 Å². The van der Waals surface area contributed by atoms with Crippen molar-refractivity contribution in [2.45, 2.75) is 26.8 Å². The lowest BCUT2D eigenvalue weighted by molar-refractivity contribution is 0.410. The van der Waals surface area contributed by atoms with E-state index in [1.54, 1.807) is 7.11 Å². The van der Waals surface area contributed by atoms with E-state index in [2.05, 4.69) is 50.2 Å². The molecule has 0 atom stereocenters. The van der Waals surface area contributed by atoms with E-state index in [0.29, 0.717) is 12.5 Å². The number of benzene rings is 2. The third kappa shape index (κ3) is 3.40. The summed E-state index contributed by atoms with van der Waals surface area (Å²) in [5, 5.41) is 0. The predicted molar refractivity (Wildman–Crippen MR) is 84.9 cm³/mol. The summed E-state index contributed by atoms with van der Waals surface area (Å²) in [5.74, 6) is 1.54. The highest BCUT2D eigenvalue weighted by Gasteiger charge is 2.05. The molecular formula is C18H23NO. The second kappa shape index (κ2) is 6.58. The number of methoxy groups -OCH3 is 1. The van der Waals surface area contributed by atoms with Crippen LogP contribution in [-0.2, 0) is 13.0 Å². The molecule has 2 N–H and O–H groups in total. The van der Waals surface area contributed by atoms with Crippen LogP contribution in [0.5, 0.6) is 5.75 Å². The Bertz CT molecular complexity index is 558. The van der Waals surface area contributed by atoms with Crippen molar-refractivity contribution >= 4 is 0 Å². The molecular weight excluding hydrogens is 246 g/mol. The van der Waals surface area contributed by atoms with Crippen molar-refractivity contribution in [1.82, 2.24) is 0 Å². The molecule has 20 heavy (non-hydrogen) atoms. The van der Waals surface area contributed by atoms with Crippen LogP contribution >= 0.6 is 0 Å². The minimum atomic E-state index is 0.497. The first-order valence-electron chi connectivity index (χ1n) is 7.10. The van der Waals surface area contributed by atoms with Crippen LogP contribution in [0.25, 0.3) is 11.1 Å². The second-order valence-electron chi connectivity index (χ2n) is 5.53. The van der Waals surface area contributed by atoms with Gasteiger partial charge in [0.1, 0.15) is 5.75 Å². The average molecular weight is 269 g/mol. The van der Waals surface area contributed by atoms with E-state index in [0.717, 1.165) is 23.3 Å². The van der Waals surface area contributed by atoms with Crippen molar-refractivity contribution < 1.29 is 4.74 Å². The van der Waals surface area contributed by atoms with Gasteiger partial charge in [0.05, 0.1) is 7.11 Å². The quantitative estimate of drug-likeness (QED) is 0.889. The fourth-order valence-corrected chi connectivity index (χ4v) is 2.40. The zero-order valence-corrected chi connectivity index (χ0v) is 12.5. The molecule has 2 aromatic rings. The van der Waals surface area contributed by atoms with Crippen LogP contribution in [0, 0.1) is 5.92 Å². The molecule has 0 radical (unpaired) electrons. The van der Waals surface area contributed by atoms with Crippen molar-refractivity contribution in [3.05, 3.63) is 53.6 Å². The molecule has 2 rings (SSSR count). The lowest BCUT2D eigenvalue weighted by Crippen LogP contribution is -1.99. The van der Waals surface area contributed by atoms with E-state index in [-0.39, 0.29) is 0 Å². The zero-order chi connectivity index (χ0) is 14.5. The monoisotopic (exact) mass is 269 g/mol. The van der Waals surface area contributed by atoms with Gasteiger partial charge < -0.3 is 10.5 Å². The van der Waals surface area contributed by atoms with Crippen molar-refractivity contribution in [3.8, 4) is 16.9 Å². The Labute approximate surface area is 121 Å². The first kappa shape index (κ1) is 14.6. The van der Waals surface area contributed by atoms with E-state index in [9.17, 15) is 0 Å². The Balaban J connectivity index is 2.27. The fraction of sp³-hybridized carbons (Fsp3) is 0.333. The van der Waals surface area contributed by atoms with Gasteiger partial charge in [-0.1, -0.05) is 50.2 Å². The van der Waals surface area contributed by atoms with E-state index in [1.165, 1.54) is 11.1 Å². The summed E-state index contributed by atoms with van der Waals surface area (Å²) in [4.78, 5) is 0. The lowest BCUT2D eigenvalue weighted by atomic mass is 9.98. The molecule has 0 amide bonds. The number of hydrogen-bond acceptors (Lipinski definition) is 2. The smallest absolute Gasteiger partial charge is 0.123 e. The van der Waals surface area contributed by atoms with Gasteiger partial charge in [-0.05, 0) is 35.1 Å². The minimum absolute atomic E-state index is 0.497. The van der Waals surface area contributed by atoms with Gasteiger partial charge in [0, 0.05) is 12.1 Å². The van der Waals surface area contributed by atoms with Gasteiger partial charge in [0.2, 0.25) is 0 Å². The molecule has 0 spiro atoms. The molecule has 106 valence electrons. The Kier molecular flexibility index (Phi) is 4.80. The Morgan fingerprint density at radius 1 is 1.00 bits per heavy atom. The Morgan fingerprint density at radius 2 is 1.65 bits per heavy atom. The minimum Gasteiger partial charge on any atom is -0.496 e. The van der Waals surface area contributed by atoms with Crippen LogP contribution < -0.4 is 10.5 Å². The van der Waals surface area contributed by atoms with Crippen molar-refractivity contribution in [3.63, 3.8) is 0 Å². The predicted octanol–water partition coefficient (Wildman–Crippen LogP) is 4.02. The molecule has 2 nitrogen and oxygen atoms in total. The summed E-state index contributed by atoms with van der Waals surface area (Å²) in [6.45, 7) is 4.98. The maximum absolute atomic E-state index is 5.70. The molecule has 2 aromatic carbocycles. The van der Waals surface area contributed by atoms with Gasteiger partial charge in [-0.2, -0.15) is 0 Å². The summed E-state index contributed by atoms with van der Waals surface area (Å²) < 4.78 is 5.39. The van der Waals surface area contributed by atoms with Crippen molar-refractivity contribution in [2.75, 3.05) is 7.11 Å². The first-order valence-corrected chi connectivity index (χ1v) is 7.10. The van der Waals surface area contributed by atoms with Gasteiger partial charge in [-0.3, -0.25) is 0 Å². The number of ether oxygens (including phenoxy) is 1. The molecule has 0 heterocycles. The standard InChI is InChI=1S/C18H23NO/c1-13(2)10-14-4-6-15(7-5-14)16-8-9-17(12-19)18(11-16)20-3/h4-9,11,13H,10,12,19H2,1-3H3. The van der Waals surface area contributed by atoms with Crippen LogP contribution in [0.2, 0.25) is 0 Å². The number of hydrogen-bond donors (Lipinski definition) is 1. The van der Waals surface area contributed by atoms with E-state index < -0.39 is 0 Å². The molecule has 0 bridgehead atoms. The second-order valence-corrected chi connectivity index (χ2v) is 5.53. The van der Waals surface area contributed by atoms with Gasteiger partial charge in [0.25, 0.3) is 0 Å². The normalized spacial score (nSPS) is 10.8. The Morgan fingerprint density at radius 3 is 2.20 bits per heavy atom. The SMILES string of the molecule is COc1cc(-c2ccc(CC(C)C)cc2)ccc1CN. The van der Waals surface area contributed by atoms with Crippen molar-refractivity contribution in [2.24, 2.45) is 11.7 Å². The number of nitrogens with two attached hydrogens (primary N) is 1. The zero-order valence-electron chi connectivity index (χ0n) is 12.5. The number of rotatable bonds is 5. The fourth-order valence-electron chi connectivity index (χ4n) is 2.40. The van der Waals surface area contributed by atoms with Crippen LogP contribution in [0.15, 0.2) is 42.5 Å². The summed E-state index contributed by atoms with van der Waals surface area (Å²) in [6, 6.07) is 15.0. The summed E-state index contributed by atoms with van der Waals surface area (Å²) in [7, 11) is 1.68. The van der Waals surface area contributed by atoms with Gasteiger partial charge >= 0.3 is 0 Å². The van der Waals surface area contributed by atoms with Crippen LogP contribution in [0.3, 0.4) is 0 Å². The molecule has 0 aromatic heterocycles. The molecule has 0 saturated heterocycles. The van der Waals surface area contributed by atoms with E-state index >= 15 is 0 Å². The average Bonchev–Trinajstić information content (AvgIpc) is 2.46. The summed E-state index contributed by atoms with van der Waals surface area (Å²) in [5.41, 5.74) is 10.5. The van der Waals surface area contributed by atoms with Crippen LogP contribution in [0.1, 0.15) is 25.0 Å². The molecule has 0 aliphatic carbocycles. The topological polar surface area (TPSA) is 35.2 Å². The molecule has 0 aliphatic heterocycles. The third-order valence-electron chi connectivity index (χ3n) is 3.44. The maximum Gasteiger partial charge on any atom is 0.123 e. The molecule has 0 fully saturated rings. The molecule has 2 heteroatoms. The summed E-state index contributed by atoms with van der Waals surface area (Å²) in [6.07, 6.45) is 1.12. The van der Waals surface area contributed by atoms with Gasteiger partial charge in [-0.15, -0.1) is 0 Å². The molecule has 0 saturated carbocycles. The summed E-state index contributed by atoms with van der Waals surface area (Å²) >= 11 is 0. The highest BCUT2D eigenvalue weighted by molar-refractivity contribution is 5.66. The largest absolute Gasteiger partial charge is 0.496 e. The Hall–Kier alpha value is -1.80. The molecule has 0 aliphatic rings. The van der Waals surface area contributed by atoms with E-state index in [4.69, 9.17) is 10.5 Å². The first-order chi connectivity index (χ1) is 9.63. The van der Waals surface area contributed by atoms with Gasteiger partial charge in [0.15, 0.2) is 0 Å².